The molecule has 0 saturated heterocycles. The Labute approximate surface area is 94.8 Å². The third-order valence-electron chi connectivity index (χ3n) is 2.39. The number of rotatable bonds is 7. The number of nitrogens with zero attached hydrogens (tertiary/aromatic N) is 3. The average Bonchev–Trinajstić information content (AvgIpc) is 2.66. The summed E-state index contributed by atoms with van der Waals surface area (Å²) in [6, 6.07) is 0. The van der Waals surface area contributed by atoms with Crippen LogP contribution in [0.3, 0.4) is 0 Å². The Bertz CT molecular complexity index is 336. The SMILES string of the molecule is CC(C)C(=O)CCCn1cc(CCF)nn1. The van der Waals surface area contributed by atoms with E-state index in [0.29, 0.717) is 25.1 Å². The number of halogens is 1. The van der Waals surface area contributed by atoms with Crippen molar-refractivity contribution in [1.29, 1.82) is 0 Å². The second-order valence-electron chi connectivity index (χ2n) is 4.14. The number of carbonyl (C=O) groups excluding carboxylic acids is 1. The van der Waals surface area contributed by atoms with Crippen LogP contribution in [0.2, 0.25) is 0 Å². The van der Waals surface area contributed by atoms with Crippen LogP contribution in [0.4, 0.5) is 4.39 Å². The van der Waals surface area contributed by atoms with Gasteiger partial charge in [-0.05, 0) is 6.42 Å². The molecule has 0 radical (unpaired) electrons. The fourth-order valence-electron chi connectivity index (χ4n) is 1.36. The summed E-state index contributed by atoms with van der Waals surface area (Å²) in [4.78, 5) is 11.3. The molecule has 0 amide bonds. The van der Waals surface area contributed by atoms with Gasteiger partial charge in [0.1, 0.15) is 5.78 Å². The van der Waals surface area contributed by atoms with Gasteiger partial charge in [0.15, 0.2) is 0 Å². The van der Waals surface area contributed by atoms with Crippen LogP contribution in [-0.4, -0.2) is 27.5 Å². The number of aromatic nitrogens is 3. The van der Waals surface area contributed by atoms with E-state index in [4.69, 9.17) is 0 Å². The third-order valence-corrected chi connectivity index (χ3v) is 2.39. The van der Waals surface area contributed by atoms with E-state index in [1.165, 1.54) is 0 Å². The number of Topliss-reactive ketones (excluding diaryl/α,β-unsaturated/α-hetero) is 1. The van der Waals surface area contributed by atoms with E-state index in [1.807, 2.05) is 13.8 Å². The van der Waals surface area contributed by atoms with Crippen LogP contribution in [0.25, 0.3) is 0 Å². The Morgan fingerprint density at radius 3 is 2.94 bits per heavy atom. The summed E-state index contributed by atoms with van der Waals surface area (Å²) in [5.74, 6) is 0.363. The molecule has 0 fully saturated rings. The minimum Gasteiger partial charge on any atom is -0.299 e. The Morgan fingerprint density at radius 2 is 2.31 bits per heavy atom. The van der Waals surface area contributed by atoms with Gasteiger partial charge in [-0.1, -0.05) is 19.1 Å². The van der Waals surface area contributed by atoms with Crippen molar-refractivity contribution in [3.8, 4) is 0 Å². The zero-order valence-electron chi connectivity index (χ0n) is 9.82. The number of aryl methyl sites for hydroxylation is 2. The van der Waals surface area contributed by atoms with E-state index >= 15 is 0 Å². The minimum absolute atomic E-state index is 0.0952. The predicted molar refractivity (Wildman–Crippen MR) is 58.8 cm³/mol. The van der Waals surface area contributed by atoms with Gasteiger partial charge in [-0.25, -0.2) is 0 Å². The maximum absolute atomic E-state index is 12.0. The van der Waals surface area contributed by atoms with Gasteiger partial charge in [-0.15, -0.1) is 5.10 Å². The van der Waals surface area contributed by atoms with E-state index < -0.39 is 6.67 Å². The standard InChI is InChI=1S/C11H18FN3O/c1-9(2)11(16)4-3-7-15-8-10(5-6-12)13-14-15/h8-9H,3-7H2,1-2H3. The molecule has 0 aliphatic rings. The molecule has 0 saturated carbocycles. The fourth-order valence-corrected chi connectivity index (χ4v) is 1.36. The van der Waals surface area contributed by atoms with Gasteiger partial charge in [0, 0.05) is 31.5 Å². The lowest BCUT2D eigenvalue weighted by molar-refractivity contribution is -0.122. The van der Waals surface area contributed by atoms with E-state index in [-0.39, 0.29) is 11.7 Å². The molecule has 4 nitrogen and oxygen atoms in total. The predicted octanol–water partition coefficient (Wildman–Crippen LogP) is 1.80. The molecule has 1 aromatic rings. The van der Waals surface area contributed by atoms with Crippen LogP contribution < -0.4 is 0 Å². The molecule has 16 heavy (non-hydrogen) atoms. The van der Waals surface area contributed by atoms with E-state index in [0.717, 1.165) is 6.42 Å². The molecule has 0 unspecified atom stereocenters. The second-order valence-corrected chi connectivity index (χ2v) is 4.14. The van der Waals surface area contributed by atoms with Gasteiger partial charge < -0.3 is 0 Å². The Hall–Kier alpha value is -1.26. The number of hydrogen-bond acceptors (Lipinski definition) is 3. The number of alkyl halides is 1. The monoisotopic (exact) mass is 227 g/mol. The maximum atomic E-state index is 12.0. The quantitative estimate of drug-likeness (QED) is 0.713. The summed E-state index contributed by atoms with van der Waals surface area (Å²) in [7, 11) is 0. The molecule has 0 aliphatic heterocycles. The molecule has 0 spiro atoms. The highest BCUT2D eigenvalue weighted by atomic mass is 19.1. The van der Waals surface area contributed by atoms with Crippen LogP contribution in [0.1, 0.15) is 32.4 Å². The highest BCUT2D eigenvalue weighted by Crippen LogP contribution is 2.03. The fraction of sp³-hybridized carbons (Fsp3) is 0.727. The van der Waals surface area contributed by atoms with Gasteiger partial charge >= 0.3 is 0 Å². The lowest BCUT2D eigenvalue weighted by Gasteiger charge is -2.03. The zero-order chi connectivity index (χ0) is 12.0. The zero-order valence-corrected chi connectivity index (χ0v) is 9.82. The highest BCUT2D eigenvalue weighted by molar-refractivity contribution is 5.80. The molecular formula is C11H18FN3O. The highest BCUT2D eigenvalue weighted by Gasteiger charge is 2.07. The summed E-state index contributed by atoms with van der Waals surface area (Å²) in [5, 5.41) is 7.69. The van der Waals surface area contributed by atoms with E-state index in [1.54, 1.807) is 10.9 Å². The topological polar surface area (TPSA) is 47.8 Å². The molecule has 5 heteroatoms. The first-order valence-electron chi connectivity index (χ1n) is 5.61. The summed E-state index contributed by atoms with van der Waals surface area (Å²) in [6.07, 6.45) is 3.37. The van der Waals surface area contributed by atoms with Gasteiger partial charge in [-0.3, -0.25) is 13.9 Å². The number of hydrogen-bond donors (Lipinski definition) is 0. The smallest absolute Gasteiger partial charge is 0.135 e. The molecule has 0 atom stereocenters. The Morgan fingerprint density at radius 1 is 1.56 bits per heavy atom. The Balaban J connectivity index is 2.29. The normalized spacial score (nSPS) is 11.0. The molecule has 0 bridgehead atoms. The van der Waals surface area contributed by atoms with Gasteiger partial charge in [-0.2, -0.15) is 0 Å². The first-order chi connectivity index (χ1) is 7.63. The molecule has 1 rings (SSSR count). The molecule has 1 aromatic heterocycles. The first-order valence-corrected chi connectivity index (χ1v) is 5.61. The van der Waals surface area contributed by atoms with Gasteiger partial charge in [0.25, 0.3) is 0 Å². The number of carbonyl (C=O) groups is 1. The number of ketones is 1. The first kappa shape index (κ1) is 12.8. The lowest BCUT2D eigenvalue weighted by atomic mass is 10.1. The molecule has 90 valence electrons. The van der Waals surface area contributed by atoms with Crippen molar-refractivity contribution in [3.63, 3.8) is 0 Å². The van der Waals surface area contributed by atoms with Crippen molar-refractivity contribution >= 4 is 5.78 Å². The van der Waals surface area contributed by atoms with Crippen molar-refractivity contribution in [3.05, 3.63) is 11.9 Å². The average molecular weight is 227 g/mol. The lowest BCUT2D eigenvalue weighted by Crippen LogP contribution is -2.08. The summed E-state index contributed by atoms with van der Waals surface area (Å²) in [5.41, 5.74) is 0.665. The Kier molecular flexibility index (Phi) is 5.08. The molecule has 0 N–H and O–H groups in total. The van der Waals surface area contributed by atoms with Crippen molar-refractivity contribution < 1.29 is 9.18 Å². The largest absolute Gasteiger partial charge is 0.299 e. The van der Waals surface area contributed by atoms with E-state index in [9.17, 15) is 9.18 Å². The van der Waals surface area contributed by atoms with Gasteiger partial charge in [0.05, 0.1) is 12.4 Å². The minimum atomic E-state index is -0.412. The summed E-state index contributed by atoms with van der Waals surface area (Å²) < 4.78 is 13.7. The van der Waals surface area contributed by atoms with Crippen LogP contribution in [0.5, 0.6) is 0 Å². The van der Waals surface area contributed by atoms with Crippen molar-refractivity contribution in [2.45, 2.75) is 39.7 Å². The van der Waals surface area contributed by atoms with Crippen molar-refractivity contribution in [1.82, 2.24) is 15.0 Å². The van der Waals surface area contributed by atoms with Crippen LogP contribution in [0.15, 0.2) is 6.20 Å². The molecule has 0 aromatic carbocycles. The third kappa shape index (κ3) is 4.08. The maximum Gasteiger partial charge on any atom is 0.135 e. The van der Waals surface area contributed by atoms with Crippen LogP contribution in [-0.2, 0) is 17.8 Å². The van der Waals surface area contributed by atoms with E-state index in [2.05, 4.69) is 10.3 Å². The van der Waals surface area contributed by atoms with Crippen LogP contribution in [0, 0.1) is 5.92 Å². The van der Waals surface area contributed by atoms with Gasteiger partial charge in [0.2, 0.25) is 0 Å². The van der Waals surface area contributed by atoms with Crippen molar-refractivity contribution in [2.24, 2.45) is 5.92 Å². The van der Waals surface area contributed by atoms with Crippen molar-refractivity contribution in [2.75, 3.05) is 6.67 Å². The second kappa shape index (κ2) is 6.35. The summed E-state index contributed by atoms with van der Waals surface area (Å²) in [6.45, 7) is 4.05. The summed E-state index contributed by atoms with van der Waals surface area (Å²) >= 11 is 0. The molecule has 0 aliphatic carbocycles. The molecule has 1 heterocycles. The van der Waals surface area contributed by atoms with Crippen LogP contribution >= 0.6 is 0 Å². The molecular weight excluding hydrogens is 209 g/mol.